The van der Waals surface area contributed by atoms with Crippen molar-refractivity contribution in [1.29, 1.82) is 0 Å². The third-order valence-corrected chi connectivity index (χ3v) is 4.69. The molecule has 8 heteroatoms. The molecule has 0 atom stereocenters. The van der Waals surface area contributed by atoms with Gasteiger partial charge in [0.25, 0.3) is 0 Å². The average molecular weight is 419 g/mol. The summed E-state index contributed by atoms with van der Waals surface area (Å²) in [6, 6.07) is 12.7. The van der Waals surface area contributed by atoms with Gasteiger partial charge in [-0.05, 0) is 54.9 Å². The number of hydrogen-bond acceptors (Lipinski definition) is 3. The zero-order valence-corrected chi connectivity index (χ0v) is 16.3. The SMILES string of the molecule is O=C(/C=C/c1ccccc1)NC(=S)Nc1cc(C(F)(F)F)ccc1N1CCCC1. The van der Waals surface area contributed by atoms with Gasteiger partial charge < -0.3 is 10.2 Å². The fourth-order valence-electron chi connectivity index (χ4n) is 3.09. The van der Waals surface area contributed by atoms with Crippen molar-refractivity contribution in [3.8, 4) is 0 Å². The van der Waals surface area contributed by atoms with Crippen LogP contribution in [0.3, 0.4) is 0 Å². The Morgan fingerprint density at radius 2 is 1.76 bits per heavy atom. The van der Waals surface area contributed by atoms with Crippen LogP contribution < -0.4 is 15.5 Å². The first-order valence-electron chi connectivity index (χ1n) is 9.14. The number of benzene rings is 2. The third kappa shape index (κ3) is 5.80. The first kappa shape index (κ1) is 20.9. The Kier molecular flexibility index (Phi) is 6.53. The van der Waals surface area contributed by atoms with Crippen LogP contribution in [0.5, 0.6) is 0 Å². The number of halogens is 3. The summed E-state index contributed by atoms with van der Waals surface area (Å²) < 4.78 is 39.4. The minimum absolute atomic E-state index is 0.0625. The molecular weight excluding hydrogens is 399 g/mol. The lowest BCUT2D eigenvalue weighted by Crippen LogP contribution is -2.33. The number of thiocarbonyl (C=S) groups is 1. The molecule has 2 N–H and O–H groups in total. The third-order valence-electron chi connectivity index (χ3n) is 4.48. The van der Waals surface area contributed by atoms with E-state index in [2.05, 4.69) is 10.6 Å². The molecule has 0 unspecified atom stereocenters. The maximum absolute atomic E-state index is 13.1. The number of nitrogens with one attached hydrogen (secondary N) is 2. The van der Waals surface area contributed by atoms with Gasteiger partial charge in [0.15, 0.2) is 5.11 Å². The van der Waals surface area contributed by atoms with Crippen LogP contribution in [-0.4, -0.2) is 24.1 Å². The predicted octanol–water partition coefficient (Wildman–Crippen LogP) is 4.83. The number of amides is 1. The van der Waals surface area contributed by atoms with Gasteiger partial charge in [-0.15, -0.1) is 0 Å². The lowest BCUT2D eigenvalue weighted by molar-refractivity contribution is -0.137. The molecule has 3 rings (SSSR count). The molecule has 2 aromatic rings. The monoisotopic (exact) mass is 419 g/mol. The van der Waals surface area contributed by atoms with Crippen molar-refractivity contribution in [3.63, 3.8) is 0 Å². The molecule has 1 saturated heterocycles. The van der Waals surface area contributed by atoms with Crippen molar-refractivity contribution >= 4 is 40.7 Å². The van der Waals surface area contributed by atoms with Gasteiger partial charge in [0.2, 0.25) is 5.91 Å². The first-order valence-corrected chi connectivity index (χ1v) is 9.55. The van der Waals surface area contributed by atoms with Crippen LogP contribution in [0.15, 0.2) is 54.6 Å². The molecular formula is C21H20F3N3OS. The molecule has 152 valence electrons. The van der Waals surface area contributed by atoms with Crippen molar-refractivity contribution in [2.75, 3.05) is 23.3 Å². The first-order chi connectivity index (χ1) is 13.8. The van der Waals surface area contributed by atoms with Gasteiger partial charge in [-0.2, -0.15) is 13.2 Å². The quantitative estimate of drug-likeness (QED) is 0.550. The van der Waals surface area contributed by atoms with Crippen molar-refractivity contribution in [2.24, 2.45) is 0 Å². The maximum Gasteiger partial charge on any atom is 0.416 e. The lowest BCUT2D eigenvalue weighted by Gasteiger charge is -2.23. The summed E-state index contributed by atoms with van der Waals surface area (Å²) in [6.45, 7) is 1.53. The van der Waals surface area contributed by atoms with E-state index in [0.717, 1.165) is 43.6 Å². The van der Waals surface area contributed by atoms with Crippen molar-refractivity contribution in [2.45, 2.75) is 19.0 Å². The highest BCUT2D eigenvalue weighted by atomic mass is 32.1. The van der Waals surface area contributed by atoms with Gasteiger partial charge in [-0.25, -0.2) is 0 Å². The Hall–Kier alpha value is -2.87. The zero-order valence-electron chi connectivity index (χ0n) is 15.5. The average Bonchev–Trinajstić information content (AvgIpc) is 3.21. The fraction of sp³-hybridized carbons (Fsp3) is 0.238. The molecule has 1 amide bonds. The topological polar surface area (TPSA) is 44.4 Å². The molecule has 0 radical (unpaired) electrons. The van der Waals surface area contributed by atoms with E-state index < -0.39 is 17.6 Å². The summed E-state index contributed by atoms with van der Waals surface area (Å²) >= 11 is 5.14. The lowest BCUT2D eigenvalue weighted by atomic mass is 10.1. The number of nitrogens with zero attached hydrogens (tertiary/aromatic N) is 1. The second-order valence-corrected chi connectivity index (χ2v) is 7.02. The van der Waals surface area contributed by atoms with E-state index in [1.807, 2.05) is 35.2 Å². The molecule has 4 nitrogen and oxygen atoms in total. The van der Waals surface area contributed by atoms with Crippen molar-refractivity contribution < 1.29 is 18.0 Å². The molecule has 0 saturated carbocycles. The van der Waals surface area contributed by atoms with Gasteiger partial charge in [0.05, 0.1) is 16.9 Å². The van der Waals surface area contributed by atoms with Gasteiger partial charge in [0.1, 0.15) is 0 Å². The Labute approximate surface area is 172 Å². The minimum Gasteiger partial charge on any atom is -0.370 e. The second kappa shape index (κ2) is 9.09. The summed E-state index contributed by atoms with van der Waals surface area (Å²) in [5.74, 6) is -0.471. The summed E-state index contributed by atoms with van der Waals surface area (Å²) in [5.41, 5.74) is 0.919. The number of alkyl halides is 3. The molecule has 0 aromatic heterocycles. The van der Waals surface area contributed by atoms with E-state index in [-0.39, 0.29) is 10.8 Å². The smallest absolute Gasteiger partial charge is 0.370 e. The highest BCUT2D eigenvalue weighted by molar-refractivity contribution is 7.80. The minimum atomic E-state index is -4.47. The van der Waals surface area contributed by atoms with E-state index in [9.17, 15) is 18.0 Å². The normalized spacial score (nSPS) is 14.2. The van der Waals surface area contributed by atoms with Crippen molar-refractivity contribution in [3.05, 3.63) is 65.7 Å². The fourth-order valence-corrected chi connectivity index (χ4v) is 3.30. The molecule has 29 heavy (non-hydrogen) atoms. The number of hydrogen-bond donors (Lipinski definition) is 2. The van der Waals surface area contributed by atoms with Crippen LogP contribution in [0.25, 0.3) is 6.08 Å². The highest BCUT2D eigenvalue weighted by Gasteiger charge is 2.31. The largest absolute Gasteiger partial charge is 0.416 e. The van der Waals surface area contributed by atoms with Crippen LogP contribution in [0.2, 0.25) is 0 Å². The predicted molar refractivity (Wildman–Crippen MR) is 113 cm³/mol. The summed E-state index contributed by atoms with van der Waals surface area (Å²) in [4.78, 5) is 14.1. The molecule has 0 spiro atoms. The number of anilines is 2. The van der Waals surface area contributed by atoms with E-state index >= 15 is 0 Å². The highest BCUT2D eigenvalue weighted by Crippen LogP contribution is 2.36. The standard InChI is InChI=1S/C21H20F3N3OS/c22-21(23,24)16-9-10-18(27-12-4-5-13-27)17(14-16)25-20(29)26-19(28)11-8-15-6-2-1-3-7-15/h1-3,6-11,14H,4-5,12-13H2,(H2,25,26,28,29)/b11-8+. The van der Waals surface area contributed by atoms with Gasteiger partial charge in [-0.1, -0.05) is 30.3 Å². The van der Waals surface area contributed by atoms with Gasteiger partial charge in [0, 0.05) is 19.2 Å². The maximum atomic E-state index is 13.1. The van der Waals surface area contributed by atoms with E-state index in [1.54, 1.807) is 6.08 Å². The summed E-state index contributed by atoms with van der Waals surface area (Å²) in [5, 5.41) is 5.16. The number of carbonyl (C=O) groups excluding carboxylic acids is 1. The zero-order chi connectivity index (χ0) is 20.9. The van der Waals surface area contributed by atoms with E-state index in [0.29, 0.717) is 5.69 Å². The molecule has 1 aliphatic rings. The Morgan fingerprint density at radius 3 is 2.41 bits per heavy atom. The van der Waals surface area contributed by atoms with Crippen LogP contribution >= 0.6 is 12.2 Å². The van der Waals surface area contributed by atoms with Crippen LogP contribution in [0, 0.1) is 0 Å². The molecule has 1 heterocycles. The molecule has 0 aliphatic carbocycles. The Morgan fingerprint density at radius 1 is 1.07 bits per heavy atom. The van der Waals surface area contributed by atoms with Crippen LogP contribution in [-0.2, 0) is 11.0 Å². The molecule has 1 aliphatic heterocycles. The van der Waals surface area contributed by atoms with E-state index in [4.69, 9.17) is 12.2 Å². The number of carbonyl (C=O) groups is 1. The Bertz CT molecular complexity index is 907. The van der Waals surface area contributed by atoms with Crippen LogP contribution in [0.1, 0.15) is 24.0 Å². The van der Waals surface area contributed by atoms with Gasteiger partial charge in [-0.3, -0.25) is 10.1 Å². The number of rotatable bonds is 4. The van der Waals surface area contributed by atoms with Gasteiger partial charge >= 0.3 is 6.18 Å². The molecule has 0 bridgehead atoms. The Balaban J connectivity index is 1.72. The molecule has 1 fully saturated rings. The summed E-state index contributed by atoms with van der Waals surface area (Å²) in [6.07, 6.45) is 0.426. The van der Waals surface area contributed by atoms with Crippen molar-refractivity contribution in [1.82, 2.24) is 5.32 Å². The van der Waals surface area contributed by atoms with Crippen LogP contribution in [0.4, 0.5) is 24.5 Å². The van der Waals surface area contributed by atoms with E-state index in [1.165, 1.54) is 12.1 Å². The second-order valence-electron chi connectivity index (χ2n) is 6.61. The summed E-state index contributed by atoms with van der Waals surface area (Å²) in [7, 11) is 0. The molecule has 2 aromatic carbocycles.